The fraction of sp³-hybridized carbons (Fsp3) is 1.00. The number of hydrogen-bond acceptors (Lipinski definition) is 2. The Balaban J connectivity index is 2.39. The maximum Gasteiger partial charge on any atom is 0.157 e. The molecule has 0 bridgehead atoms. The molecule has 0 aromatic rings. The Kier molecular flexibility index (Phi) is 5.49. The predicted octanol–water partition coefficient (Wildman–Crippen LogP) is 3.35. The Bertz CT molecular complexity index is 147. The highest BCUT2D eigenvalue weighted by Gasteiger charge is 2.29. The first-order valence-electron chi connectivity index (χ1n) is 6.08. The molecule has 0 aromatic carbocycles. The van der Waals surface area contributed by atoms with Crippen molar-refractivity contribution in [1.82, 2.24) is 0 Å². The molecule has 0 radical (unpaired) electrons. The van der Waals surface area contributed by atoms with Crippen LogP contribution in [0.3, 0.4) is 0 Å². The van der Waals surface area contributed by atoms with E-state index < -0.39 is 0 Å². The molecule has 0 spiro atoms. The van der Waals surface area contributed by atoms with Gasteiger partial charge in [0, 0.05) is 5.92 Å². The van der Waals surface area contributed by atoms with Crippen molar-refractivity contribution in [2.45, 2.75) is 65.3 Å². The summed E-state index contributed by atoms with van der Waals surface area (Å²) in [6.07, 6.45) is 6.25. The largest absolute Gasteiger partial charge is 0.352 e. The van der Waals surface area contributed by atoms with Crippen LogP contribution >= 0.6 is 0 Å². The van der Waals surface area contributed by atoms with Gasteiger partial charge < -0.3 is 9.47 Å². The van der Waals surface area contributed by atoms with Gasteiger partial charge in [-0.15, -0.1) is 0 Å². The molecule has 0 aromatic heterocycles. The molecule has 84 valence electrons. The summed E-state index contributed by atoms with van der Waals surface area (Å²) in [6.45, 7) is 7.51. The van der Waals surface area contributed by atoms with E-state index in [1.165, 1.54) is 19.3 Å². The molecule has 14 heavy (non-hydrogen) atoms. The van der Waals surface area contributed by atoms with Gasteiger partial charge in [-0.3, -0.25) is 0 Å². The summed E-state index contributed by atoms with van der Waals surface area (Å²) >= 11 is 0. The summed E-state index contributed by atoms with van der Waals surface area (Å²) in [6, 6.07) is 0. The maximum atomic E-state index is 5.95. The highest BCUT2D eigenvalue weighted by molar-refractivity contribution is 4.73. The molecule has 0 unspecified atom stereocenters. The van der Waals surface area contributed by atoms with Crippen molar-refractivity contribution in [3.8, 4) is 0 Å². The Morgan fingerprint density at radius 2 is 1.79 bits per heavy atom. The van der Waals surface area contributed by atoms with Crippen molar-refractivity contribution >= 4 is 0 Å². The quantitative estimate of drug-likeness (QED) is 0.677. The van der Waals surface area contributed by atoms with Crippen LogP contribution in [0.5, 0.6) is 0 Å². The molecule has 2 heteroatoms. The summed E-state index contributed by atoms with van der Waals surface area (Å²) in [4.78, 5) is 0. The van der Waals surface area contributed by atoms with Gasteiger partial charge >= 0.3 is 0 Å². The third-order valence-electron chi connectivity index (χ3n) is 2.97. The van der Waals surface area contributed by atoms with Crippen LogP contribution in [0.2, 0.25) is 0 Å². The Morgan fingerprint density at radius 1 is 1.07 bits per heavy atom. The standard InChI is InChI=1S/C12H24O2/c1-4-7-11-10(6-3)9-13-12(14-11)8-5-2/h10-12H,4-9H2,1-3H3/t10-,11-,12+/m1/s1. The monoisotopic (exact) mass is 200 g/mol. The van der Waals surface area contributed by atoms with Gasteiger partial charge in [-0.25, -0.2) is 0 Å². The number of hydrogen-bond donors (Lipinski definition) is 0. The van der Waals surface area contributed by atoms with Crippen molar-refractivity contribution in [3.63, 3.8) is 0 Å². The zero-order valence-electron chi connectivity index (χ0n) is 9.79. The van der Waals surface area contributed by atoms with Crippen molar-refractivity contribution in [2.75, 3.05) is 6.61 Å². The molecule has 1 heterocycles. The molecule has 2 nitrogen and oxygen atoms in total. The van der Waals surface area contributed by atoms with Crippen LogP contribution in [-0.2, 0) is 9.47 Å². The fourth-order valence-electron chi connectivity index (χ4n) is 2.04. The molecule has 1 aliphatic heterocycles. The molecule has 1 rings (SSSR count). The average Bonchev–Trinajstić information content (AvgIpc) is 2.19. The van der Waals surface area contributed by atoms with Gasteiger partial charge in [0.25, 0.3) is 0 Å². The van der Waals surface area contributed by atoms with Crippen LogP contribution in [-0.4, -0.2) is 19.0 Å². The lowest BCUT2D eigenvalue weighted by molar-refractivity contribution is -0.240. The lowest BCUT2D eigenvalue weighted by atomic mass is 9.95. The highest BCUT2D eigenvalue weighted by atomic mass is 16.7. The van der Waals surface area contributed by atoms with E-state index in [2.05, 4.69) is 20.8 Å². The molecule has 0 aliphatic carbocycles. The first-order chi connectivity index (χ1) is 6.81. The third kappa shape index (κ3) is 3.25. The molecule has 0 saturated carbocycles. The van der Waals surface area contributed by atoms with Crippen LogP contribution in [0.25, 0.3) is 0 Å². The highest BCUT2D eigenvalue weighted by Crippen LogP contribution is 2.26. The van der Waals surface area contributed by atoms with Crippen LogP contribution in [0.1, 0.15) is 52.9 Å². The average molecular weight is 200 g/mol. The topological polar surface area (TPSA) is 18.5 Å². The predicted molar refractivity (Wildman–Crippen MR) is 58.2 cm³/mol. The van der Waals surface area contributed by atoms with Gasteiger partial charge in [-0.1, -0.05) is 33.6 Å². The van der Waals surface area contributed by atoms with Gasteiger partial charge in [-0.05, 0) is 19.3 Å². The zero-order valence-corrected chi connectivity index (χ0v) is 9.79. The molecule has 0 amide bonds. The van der Waals surface area contributed by atoms with Crippen molar-refractivity contribution in [3.05, 3.63) is 0 Å². The second-order valence-electron chi connectivity index (χ2n) is 4.18. The summed E-state index contributed by atoms with van der Waals surface area (Å²) in [5.74, 6) is 0.614. The first-order valence-corrected chi connectivity index (χ1v) is 6.08. The summed E-state index contributed by atoms with van der Waals surface area (Å²) < 4.78 is 11.6. The molecule has 0 N–H and O–H groups in total. The van der Waals surface area contributed by atoms with E-state index in [1.54, 1.807) is 0 Å². The van der Waals surface area contributed by atoms with E-state index in [9.17, 15) is 0 Å². The van der Waals surface area contributed by atoms with Crippen molar-refractivity contribution in [1.29, 1.82) is 0 Å². The van der Waals surface area contributed by atoms with Gasteiger partial charge in [-0.2, -0.15) is 0 Å². The summed E-state index contributed by atoms with van der Waals surface area (Å²) in [5.41, 5.74) is 0. The minimum absolute atomic E-state index is 0.0688. The van der Waals surface area contributed by atoms with Crippen molar-refractivity contribution < 1.29 is 9.47 Å². The molecule has 1 saturated heterocycles. The SMILES string of the molecule is CCC[C@H]1OC[C@@H](CC)[C@@H](CCC)O1. The second kappa shape index (κ2) is 6.41. The van der Waals surface area contributed by atoms with Gasteiger partial charge in [0.05, 0.1) is 12.7 Å². The Labute approximate surface area is 88.0 Å². The molecule has 3 atom stereocenters. The third-order valence-corrected chi connectivity index (χ3v) is 2.97. The number of rotatable bonds is 5. The van der Waals surface area contributed by atoms with Gasteiger partial charge in [0.1, 0.15) is 0 Å². The van der Waals surface area contributed by atoms with Crippen molar-refractivity contribution in [2.24, 2.45) is 5.92 Å². The molecular weight excluding hydrogens is 176 g/mol. The summed E-state index contributed by atoms with van der Waals surface area (Å²) in [5, 5.41) is 0. The lowest BCUT2D eigenvalue weighted by Crippen LogP contribution is -2.39. The Hall–Kier alpha value is -0.0800. The zero-order chi connectivity index (χ0) is 10.4. The minimum atomic E-state index is 0.0688. The fourth-order valence-corrected chi connectivity index (χ4v) is 2.04. The molecule has 1 aliphatic rings. The van der Waals surface area contributed by atoms with Crippen LogP contribution in [0.15, 0.2) is 0 Å². The van der Waals surface area contributed by atoms with E-state index in [1.807, 2.05) is 0 Å². The number of ether oxygens (including phenoxy) is 2. The van der Waals surface area contributed by atoms with E-state index in [0.717, 1.165) is 19.4 Å². The van der Waals surface area contributed by atoms with Crippen LogP contribution in [0.4, 0.5) is 0 Å². The van der Waals surface area contributed by atoms with Gasteiger partial charge in [0.15, 0.2) is 6.29 Å². The van der Waals surface area contributed by atoms with E-state index in [4.69, 9.17) is 9.47 Å². The lowest BCUT2D eigenvalue weighted by Gasteiger charge is -2.36. The smallest absolute Gasteiger partial charge is 0.157 e. The van der Waals surface area contributed by atoms with Crippen LogP contribution in [0, 0.1) is 5.92 Å². The summed E-state index contributed by atoms with van der Waals surface area (Å²) in [7, 11) is 0. The van der Waals surface area contributed by atoms with E-state index >= 15 is 0 Å². The normalized spacial score (nSPS) is 33.2. The van der Waals surface area contributed by atoms with Gasteiger partial charge in [0.2, 0.25) is 0 Å². The minimum Gasteiger partial charge on any atom is -0.352 e. The van der Waals surface area contributed by atoms with Crippen LogP contribution < -0.4 is 0 Å². The van der Waals surface area contributed by atoms with E-state index in [0.29, 0.717) is 12.0 Å². The molecule has 1 fully saturated rings. The first kappa shape index (κ1) is 12.0. The Morgan fingerprint density at radius 3 is 2.36 bits per heavy atom. The second-order valence-corrected chi connectivity index (χ2v) is 4.18. The molecular formula is C12H24O2. The van der Waals surface area contributed by atoms with E-state index in [-0.39, 0.29) is 6.29 Å². The maximum absolute atomic E-state index is 5.95.